The zero-order valence-corrected chi connectivity index (χ0v) is 26.4. The monoisotopic (exact) mass is 585 g/mol. The summed E-state index contributed by atoms with van der Waals surface area (Å²) in [7, 11) is -0.509. The van der Waals surface area contributed by atoms with Crippen LogP contribution in [0.1, 0.15) is 65.5 Å². The van der Waals surface area contributed by atoms with E-state index in [-0.39, 0.29) is 29.2 Å². The lowest BCUT2D eigenvalue weighted by Gasteiger charge is -2.19. The number of hydrogen-bond donors (Lipinski definition) is 1. The molecule has 10 heteroatoms. The van der Waals surface area contributed by atoms with Gasteiger partial charge in [-0.1, -0.05) is 71.0 Å². The normalized spacial score (nSPS) is 11.4. The molecular weight excluding hydrogens is 544 g/mol. The molecule has 0 amide bonds. The summed E-state index contributed by atoms with van der Waals surface area (Å²) in [6.07, 6.45) is 2.18. The Hall–Kier alpha value is -3.18. The predicted molar refractivity (Wildman–Crippen MR) is 163 cm³/mol. The fourth-order valence-electron chi connectivity index (χ4n) is 3.34. The maximum absolute atomic E-state index is 10.1. The molecule has 1 aromatic heterocycles. The first kappa shape index (κ1) is 34.8. The fourth-order valence-corrected chi connectivity index (χ4v) is 3.80. The summed E-state index contributed by atoms with van der Waals surface area (Å²) in [6.45, 7) is 16.4. The minimum atomic E-state index is -0.305. The molecular formula is C30H41N3O5P2. The average molecular weight is 586 g/mol. The second-order valence-corrected chi connectivity index (χ2v) is 10.7. The molecule has 0 saturated heterocycles. The van der Waals surface area contributed by atoms with Crippen molar-refractivity contribution in [1.82, 2.24) is 15.0 Å². The quantitative estimate of drug-likeness (QED) is 0.215. The van der Waals surface area contributed by atoms with Gasteiger partial charge in [-0.3, -0.25) is 4.52 Å². The van der Waals surface area contributed by atoms with E-state index in [4.69, 9.17) is 4.52 Å². The van der Waals surface area contributed by atoms with Gasteiger partial charge >= 0.3 is 17.4 Å². The number of phenols is 1. The smallest absolute Gasteiger partial charge is 0.395 e. The number of aromatic hydroxyl groups is 1. The van der Waals surface area contributed by atoms with E-state index in [1.807, 2.05) is 89.2 Å². The average Bonchev–Trinajstić information content (AvgIpc) is 3.36. The number of aromatic nitrogens is 3. The van der Waals surface area contributed by atoms with Crippen LogP contribution in [-0.4, -0.2) is 26.2 Å². The van der Waals surface area contributed by atoms with E-state index >= 15 is 0 Å². The van der Waals surface area contributed by atoms with Gasteiger partial charge in [0.05, 0.1) is 6.10 Å². The molecule has 0 aliphatic carbocycles. The van der Waals surface area contributed by atoms with Crippen molar-refractivity contribution in [3.63, 3.8) is 0 Å². The van der Waals surface area contributed by atoms with E-state index in [1.54, 1.807) is 12.1 Å². The van der Waals surface area contributed by atoms with Gasteiger partial charge in [0.25, 0.3) is 0 Å². The first-order chi connectivity index (χ1) is 19.0. The molecule has 0 fully saturated rings. The van der Waals surface area contributed by atoms with E-state index in [0.29, 0.717) is 16.9 Å². The highest BCUT2D eigenvalue weighted by atomic mass is 31.1. The van der Waals surface area contributed by atoms with Gasteiger partial charge in [0.1, 0.15) is 28.2 Å². The molecule has 8 nitrogen and oxygen atoms in total. The van der Waals surface area contributed by atoms with Gasteiger partial charge in [-0.15, -0.1) is 15.0 Å². The Balaban J connectivity index is 0.000000314. The lowest BCUT2D eigenvalue weighted by Crippen LogP contribution is -2.10. The van der Waals surface area contributed by atoms with Gasteiger partial charge in [-0.05, 0) is 80.5 Å². The fraction of sp³-hybridized carbons (Fsp3) is 0.400. The van der Waals surface area contributed by atoms with Crippen LogP contribution in [0.4, 0.5) is 0 Å². The maximum Gasteiger partial charge on any atom is 0.395 e. The Morgan fingerprint density at radius 3 is 1.95 bits per heavy atom. The van der Waals surface area contributed by atoms with E-state index in [0.717, 1.165) is 35.0 Å². The van der Waals surface area contributed by atoms with Crippen molar-refractivity contribution in [3.05, 3.63) is 77.9 Å². The van der Waals surface area contributed by atoms with Crippen LogP contribution in [0, 0.1) is 19.3 Å². The molecule has 0 spiro atoms. The predicted octanol–water partition coefficient (Wildman–Crippen LogP) is 9.47. The SMILES string of the molecule is CC.CC(CCC(C)(C)C)OP=O.Cc1cc(C)c(O)c(-n2nc3ccccc3n2)c1.O=POc1ccccc1. The van der Waals surface area contributed by atoms with Crippen molar-refractivity contribution < 1.29 is 23.3 Å². The number of aryl methyl sites for hydroxylation is 2. The summed E-state index contributed by atoms with van der Waals surface area (Å²) >= 11 is 0. The van der Waals surface area contributed by atoms with E-state index < -0.39 is 0 Å². The third-order valence-corrected chi connectivity index (χ3v) is 6.07. The molecule has 0 aliphatic heterocycles. The Morgan fingerprint density at radius 2 is 1.45 bits per heavy atom. The van der Waals surface area contributed by atoms with Crippen LogP contribution in [-0.2, 0) is 13.7 Å². The van der Waals surface area contributed by atoms with Crippen LogP contribution in [0.5, 0.6) is 11.5 Å². The third kappa shape index (κ3) is 12.8. The Morgan fingerprint density at radius 1 is 0.900 bits per heavy atom. The highest BCUT2D eigenvalue weighted by Gasteiger charge is 2.13. The van der Waals surface area contributed by atoms with Crippen molar-refractivity contribution in [3.8, 4) is 17.2 Å². The molecule has 4 rings (SSSR count). The van der Waals surface area contributed by atoms with Crippen molar-refractivity contribution in [2.75, 3.05) is 0 Å². The maximum atomic E-state index is 10.1. The summed E-state index contributed by atoms with van der Waals surface area (Å²) in [4.78, 5) is 1.49. The van der Waals surface area contributed by atoms with E-state index in [9.17, 15) is 14.2 Å². The lowest BCUT2D eigenvalue weighted by atomic mass is 9.89. The van der Waals surface area contributed by atoms with Crippen molar-refractivity contribution in [2.24, 2.45) is 5.41 Å². The minimum Gasteiger partial charge on any atom is -0.505 e. The van der Waals surface area contributed by atoms with Gasteiger partial charge in [0.15, 0.2) is 0 Å². The van der Waals surface area contributed by atoms with Crippen LogP contribution in [0.25, 0.3) is 16.7 Å². The number of nitrogens with zero attached hydrogens (tertiary/aromatic N) is 3. The molecule has 216 valence electrons. The molecule has 4 aromatic rings. The molecule has 0 bridgehead atoms. The minimum absolute atomic E-state index is 0.105. The summed E-state index contributed by atoms with van der Waals surface area (Å²) in [5, 5.41) is 18.8. The van der Waals surface area contributed by atoms with Gasteiger partial charge < -0.3 is 9.63 Å². The van der Waals surface area contributed by atoms with E-state index in [1.165, 1.54) is 4.80 Å². The van der Waals surface area contributed by atoms with Crippen LogP contribution >= 0.6 is 17.4 Å². The molecule has 0 radical (unpaired) electrons. The molecule has 1 unspecified atom stereocenters. The number of fused-ring (bicyclic) bond motifs is 1. The number of phenolic OH excluding ortho intramolecular Hbond substituents is 1. The van der Waals surface area contributed by atoms with Gasteiger partial charge in [0, 0.05) is 0 Å². The summed E-state index contributed by atoms with van der Waals surface area (Å²) < 4.78 is 29.3. The zero-order valence-electron chi connectivity index (χ0n) is 24.7. The summed E-state index contributed by atoms with van der Waals surface area (Å²) in [5.41, 5.74) is 4.49. The van der Waals surface area contributed by atoms with Gasteiger partial charge in [0.2, 0.25) is 0 Å². The summed E-state index contributed by atoms with van der Waals surface area (Å²) in [5.74, 6) is 0.843. The zero-order chi connectivity index (χ0) is 30.1. The molecule has 0 aliphatic rings. The third-order valence-electron chi connectivity index (χ3n) is 5.34. The largest absolute Gasteiger partial charge is 0.505 e. The van der Waals surface area contributed by atoms with E-state index in [2.05, 4.69) is 35.5 Å². The van der Waals surface area contributed by atoms with Crippen LogP contribution in [0.3, 0.4) is 0 Å². The first-order valence-corrected chi connectivity index (χ1v) is 14.7. The van der Waals surface area contributed by atoms with Crippen LogP contribution in [0.2, 0.25) is 0 Å². The van der Waals surface area contributed by atoms with Crippen LogP contribution < -0.4 is 4.52 Å². The number of benzene rings is 3. The lowest BCUT2D eigenvalue weighted by molar-refractivity contribution is 0.204. The molecule has 1 N–H and O–H groups in total. The Kier molecular flexibility index (Phi) is 15.9. The Bertz CT molecular complexity index is 1270. The topological polar surface area (TPSA) is 104 Å². The number of rotatable bonds is 7. The van der Waals surface area contributed by atoms with Crippen LogP contribution in [0.15, 0.2) is 66.7 Å². The van der Waals surface area contributed by atoms with Crippen molar-refractivity contribution in [1.29, 1.82) is 0 Å². The molecule has 1 heterocycles. The van der Waals surface area contributed by atoms with Crippen molar-refractivity contribution in [2.45, 2.75) is 74.3 Å². The highest BCUT2D eigenvalue weighted by molar-refractivity contribution is 7.17. The molecule has 1 atom stereocenters. The van der Waals surface area contributed by atoms with Crippen molar-refractivity contribution >= 4 is 28.4 Å². The number of hydrogen-bond acceptors (Lipinski definition) is 7. The second kappa shape index (κ2) is 18.2. The molecule has 40 heavy (non-hydrogen) atoms. The van der Waals surface area contributed by atoms with Gasteiger partial charge in [-0.2, -0.15) is 0 Å². The van der Waals surface area contributed by atoms with Gasteiger partial charge in [-0.25, -0.2) is 9.13 Å². The molecule has 3 aromatic carbocycles. The standard InChI is InChI=1S/C14H13N3O.C8H17O2P.C6H5O2P.C2H6/c1-9-7-10(2)14(18)13(8-9)17-15-11-5-3-4-6-12(11)16-17;1-7(10-11-9)5-6-8(2,3)4;7-9-8-6-4-2-1-3-5-6;1-2/h3-8,18H,1-2H3;7H,5-6H2,1-4H3;1-5H;1-2H3. The summed E-state index contributed by atoms with van der Waals surface area (Å²) in [6, 6.07) is 20.4. The molecule has 0 saturated carbocycles. The first-order valence-electron chi connectivity index (χ1n) is 13.2. The second-order valence-electron chi connectivity index (χ2n) is 10.00. The number of para-hydroxylation sites is 1. The Labute approximate surface area is 241 Å². The highest BCUT2D eigenvalue weighted by Crippen LogP contribution is 2.27.